The predicted molar refractivity (Wildman–Crippen MR) is 85.6 cm³/mol. The van der Waals surface area contributed by atoms with Crippen LogP contribution in [-0.4, -0.2) is 25.5 Å². The van der Waals surface area contributed by atoms with E-state index >= 15 is 0 Å². The van der Waals surface area contributed by atoms with Crippen molar-refractivity contribution in [1.29, 1.82) is 0 Å². The maximum Gasteiger partial charge on any atom is 0.165 e. The van der Waals surface area contributed by atoms with Crippen LogP contribution >= 0.6 is 0 Å². The molecule has 5 N–H and O–H groups in total. The van der Waals surface area contributed by atoms with E-state index in [1.165, 1.54) is 12.1 Å². The van der Waals surface area contributed by atoms with Gasteiger partial charge in [0, 0.05) is 22.3 Å². The highest BCUT2D eigenvalue weighted by atomic mass is 16.3. The predicted octanol–water partition coefficient (Wildman–Crippen LogP) is 3.55. The van der Waals surface area contributed by atoms with E-state index in [0.29, 0.717) is 11.1 Å². The lowest BCUT2D eigenvalue weighted by atomic mass is 9.96. The molecule has 5 nitrogen and oxygen atoms in total. The fourth-order valence-electron chi connectivity index (χ4n) is 2.48. The fourth-order valence-corrected chi connectivity index (χ4v) is 2.48. The number of hydrogen-bond donors (Lipinski definition) is 5. The molecule has 116 valence electrons. The van der Waals surface area contributed by atoms with Crippen LogP contribution in [0.4, 0.5) is 0 Å². The molecule has 0 aliphatic carbocycles. The third kappa shape index (κ3) is 2.38. The van der Waals surface area contributed by atoms with Crippen molar-refractivity contribution in [3.05, 3.63) is 54.6 Å². The van der Waals surface area contributed by atoms with Crippen LogP contribution in [0.25, 0.3) is 22.3 Å². The van der Waals surface area contributed by atoms with E-state index in [-0.39, 0.29) is 39.9 Å². The molecule has 3 rings (SSSR count). The first-order valence-corrected chi connectivity index (χ1v) is 6.85. The SMILES string of the molecule is Oc1cccc(-c2cccc(-c3cccc(O)c3O)c2O)c1O. The number of hydrogen-bond acceptors (Lipinski definition) is 5. The molecule has 3 aromatic carbocycles. The van der Waals surface area contributed by atoms with E-state index < -0.39 is 0 Å². The summed E-state index contributed by atoms with van der Waals surface area (Å²) in [4.78, 5) is 0. The molecule has 0 unspecified atom stereocenters. The van der Waals surface area contributed by atoms with Gasteiger partial charge in [0.15, 0.2) is 23.0 Å². The van der Waals surface area contributed by atoms with Gasteiger partial charge >= 0.3 is 0 Å². The van der Waals surface area contributed by atoms with Crippen LogP contribution in [0.1, 0.15) is 0 Å². The Kier molecular flexibility index (Phi) is 3.46. The van der Waals surface area contributed by atoms with Crippen LogP contribution in [0.15, 0.2) is 54.6 Å². The van der Waals surface area contributed by atoms with Gasteiger partial charge in [-0.25, -0.2) is 0 Å². The van der Waals surface area contributed by atoms with Gasteiger partial charge in [-0.15, -0.1) is 0 Å². The first-order chi connectivity index (χ1) is 11.0. The van der Waals surface area contributed by atoms with E-state index in [4.69, 9.17) is 0 Å². The van der Waals surface area contributed by atoms with Gasteiger partial charge in [0.25, 0.3) is 0 Å². The number of phenolic OH excluding ortho intramolecular Hbond substituents is 5. The fraction of sp³-hybridized carbons (Fsp3) is 0. The highest BCUT2D eigenvalue weighted by molar-refractivity contribution is 5.87. The van der Waals surface area contributed by atoms with Gasteiger partial charge in [0.1, 0.15) is 5.75 Å². The third-order valence-corrected chi connectivity index (χ3v) is 3.65. The Morgan fingerprint density at radius 2 is 0.696 bits per heavy atom. The van der Waals surface area contributed by atoms with E-state index in [0.717, 1.165) is 0 Å². The number of phenols is 5. The summed E-state index contributed by atoms with van der Waals surface area (Å²) in [6.45, 7) is 0. The van der Waals surface area contributed by atoms with Crippen molar-refractivity contribution < 1.29 is 25.5 Å². The van der Waals surface area contributed by atoms with Gasteiger partial charge < -0.3 is 25.5 Å². The molecule has 0 spiro atoms. The van der Waals surface area contributed by atoms with Crippen LogP contribution in [0.3, 0.4) is 0 Å². The highest BCUT2D eigenvalue weighted by Crippen LogP contribution is 2.46. The van der Waals surface area contributed by atoms with Crippen molar-refractivity contribution in [3.63, 3.8) is 0 Å². The molecule has 0 radical (unpaired) electrons. The smallest absolute Gasteiger partial charge is 0.165 e. The molecular weight excluding hydrogens is 296 g/mol. The third-order valence-electron chi connectivity index (χ3n) is 3.65. The van der Waals surface area contributed by atoms with Gasteiger partial charge in [0.05, 0.1) is 0 Å². The van der Waals surface area contributed by atoms with Gasteiger partial charge in [-0.2, -0.15) is 0 Å². The first-order valence-electron chi connectivity index (χ1n) is 6.85. The molecule has 0 atom stereocenters. The summed E-state index contributed by atoms with van der Waals surface area (Å²) in [5.41, 5.74) is 1.09. The molecule has 0 heterocycles. The lowest BCUT2D eigenvalue weighted by Gasteiger charge is -2.13. The van der Waals surface area contributed by atoms with Crippen LogP contribution in [0.5, 0.6) is 28.7 Å². The lowest BCUT2D eigenvalue weighted by Crippen LogP contribution is -1.86. The van der Waals surface area contributed by atoms with Gasteiger partial charge in [-0.05, 0) is 12.1 Å². The van der Waals surface area contributed by atoms with Crippen molar-refractivity contribution in [3.8, 4) is 51.0 Å². The maximum absolute atomic E-state index is 10.5. The average molecular weight is 310 g/mol. The van der Waals surface area contributed by atoms with Crippen molar-refractivity contribution in [1.82, 2.24) is 0 Å². The molecule has 0 saturated heterocycles. The van der Waals surface area contributed by atoms with Crippen molar-refractivity contribution >= 4 is 0 Å². The summed E-state index contributed by atoms with van der Waals surface area (Å²) in [6, 6.07) is 13.6. The van der Waals surface area contributed by atoms with Crippen LogP contribution in [0.2, 0.25) is 0 Å². The molecule has 0 fully saturated rings. The van der Waals surface area contributed by atoms with Crippen molar-refractivity contribution in [2.24, 2.45) is 0 Å². The van der Waals surface area contributed by atoms with E-state index in [1.807, 2.05) is 0 Å². The minimum absolute atomic E-state index is 0.186. The minimum Gasteiger partial charge on any atom is -0.507 e. The van der Waals surface area contributed by atoms with E-state index in [2.05, 4.69) is 0 Å². The summed E-state index contributed by atoms with van der Waals surface area (Å²) < 4.78 is 0. The molecule has 0 saturated carbocycles. The number of para-hydroxylation sites is 3. The molecule has 23 heavy (non-hydrogen) atoms. The summed E-state index contributed by atoms with van der Waals surface area (Å²) in [7, 11) is 0. The molecule has 0 amide bonds. The molecule has 5 heteroatoms. The van der Waals surface area contributed by atoms with Crippen LogP contribution < -0.4 is 0 Å². The van der Waals surface area contributed by atoms with Gasteiger partial charge in [0.2, 0.25) is 0 Å². The van der Waals surface area contributed by atoms with Crippen molar-refractivity contribution in [2.75, 3.05) is 0 Å². The van der Waals surface area contributed by atoms with Gasteiger partial charge in [-0.3, -0.25) is 0 Å². The number of benzene rings is 3. The molecule has 0 aromatic heterocycles. The standard InChI is InChI=1S/C18H14O5/c19-14-8-2-6-12(17(14)22)10-4-1-5-11(16(10)21)13-7-3-9-15(20)18(13)23/h1-9,19-23H. The summed E-state index contributed by atoms with van der Waals surface area (Å²) in [6.07, 6.45) is 0. The Hall–Kier alpha value is -3.34. The largest absolute Gasteiger partial charge is 0.507 e. The van der Waals surface area contributed by atoms with Crippen LogP contribution in [0, 0.1) is 0 Å². The Morgan fingerprint density at radius 3 is 1.09 bits per heavy atom. The second kappa shape index (κ2) is 5.46. The Balaban J connectivity index is 2.24. The normalized spacial score (nSPS) is 10.6. The summed E-state index contributed by atoms with van der Waals surface area (Å²) in [5, 5.41) is 49.7. The van der Waals surface area contributed by atoms with Gasteiger partial charge in [-0.1, -0.05) is 42.5 Å². The maximum atomic E-state index is 10.5. The quantitative estimate of drug-likeness (QED) is 0.466. The molecule has 0 aliphatic rings. The second-order valence-corrected chi connectivity index (χ2v) is 5.05. The minimum atomic E-state index is -0.347. The molecule has 0 bridgehead atoms. The zero-order valence-electron chi connectivity index (χ0n) is 11.9. The molecule has 0 aliphatic heterocycles. The van der Waals surface area contributed by atoms with E-state index in [9.17, 15) is 25.5 Å². The van der Waals surface area contributed by atoms with E-state index in [1.54, 1.807) is 42.5 Å². The Morgan fingerprint density at radius 1 is 0.391 bits per heavy atom. The molecule has 3 aromatic rings. The summed E-state index contributed by atoms with van der Waals surface area (Å²) in [5.74, 6) is -1.48. The zero-order valence-corrected chi connectivity index (χ0v) is 11.9. The summed E-state index contributed by atoms with van der Waals surface area (Å²) >= 11 is 0. The van der Waals surface area contributed by atoms with Crippen LogP contribution in [-0.2, 0) is 0 Å². The zero-order chi connectivity index (χ0) is 16.6. The second-order valence-electron chi connectivity index (χ2n) is 5.05. The number of rotatable bonds is 2. The highest BCUT2D eigenvalue weighted by Gasteiger charge is 2.17. The average Bonchev–Trinajstić information content (AvgIpc) is 2.54. The monoisotopic (exact) mass is 310 g/mol. The molecular formula is C18H14O5. The Bertz CT molecular complexity index is 817. The van der Waals surface area contributed by atoms with Crippen molar-refractivity contribution in [2.45, 2.75) is 0 Å². The topological polar surface area (TPSA) is 101 Å². The number of aromatic hydroxyl groups is 5. The first kappa shape index (κ1) is 14.6. The Labute approximate surface area is 132 Å². The lowest BCUT2D eigenvalue weighted by molar-refractivity contribution is 0.404.